The molecule has 0 spiro atoms. The summed E-state index contributed by atoms with van der Waals surface area (Å²) in [6.07, 6.45) is 7.21. The lowest BCUT2D eigenvalue weighted by Gasteiger charge is -2.33. The molecule has 144 valence electrons. The van der Waals surface area contributed by atoms with Gasteiger partial charge in [-0.15, -0.1) is 10.2 Å². The highest BCUT2D eigenvalue weighted by Crippen LogP contribution is 2.31. The van der Waals surface area contributed by atoms with E-state index in [4.69, 9.17) is 9.97 Å². The van der Waals surface area contributed by atoms with Crippen molar-refractivity contribution in [2.24, 2.45) is 0 Å². The average Bonchev–Trinajstić information content (AvgIpc) is 3.38. The van der Waals surface area contributed by atoms with Crippen LogP contribution in [-0.2, 0) is 19.4 Å². The van der Waals surface area contributed by atoms with E-state index < -0.39 is 0 Å². The zero-order valence-corrected chi connectivity index (χ0v) is 16.3. The highest BCUT2D eigenvalue weighted by molar-refractivity contribution is 5.54. The maximum absolute atomic E-state index is 4.87. The Morgan fingerprint density at radius 2 is 2.07 bits per heavy atom. The molecule has 0 saturated carbocycles. The SMILES string of the molecule is CCc1cc(N2CCCC(c3nnc4n3CCC4)C2)nc(-c2ccccn2)n1. The molecule has 3 aromatic rings. The summed E-state index contributed by atoms with van der Waals surface area (Å²) in [5.74, 6) is 4.43. The minimum atomic E-state index is 0.409. The molecular weight excluding hydrogens is 350 g/mol. The molecule has 0 radical (unpaired) electrons. The van der Waals surface area contributed by atoms with Crippen LogP contribution < -0.4 is 4.90 Å². The van der Waals surface area contributed by atoms with Crippen LogP contribution in [0.2, 0.25) is 0 Å². The smallest absolute Gasteiger partial charge is 0.180 e. The van der Waals surface area contributed by atoms with E-state index >= 15 is 0 Å². The molecule has 7 heteroatoms. The monoisotopic (exact) mass is 375 g/mol. The van der Waals surface area contributed by atoms with Gasteiger partial charge in [-0.05, 0) is 37.8 Å². The van der Waals surface area contributed by atoms with Crippen LogP contribution in [-0.4, -0.2) is 42.8 Å². The van der Waals surface area contributed by atoms with Crippen LogP contribution in [0, 0.1) is 0 Å². The highest BCUT2D eigenvalue weighted by Gasteiger charge is 2.29. The molecule has 0 aliphatic carbocycles. The third-order valence-electron chi connectivity index (χ3n) is 5.77. The minimum Gasteiger partial charge on any atom is -0.356 e. The van der Waals surface area contributed by atoms with Crippen LogP contribution in [0.15, 0.2) is 30.5 Å². The molecule has 0 bridgehead atoms. The molecule has 1 unspecified atom stereocenters. The number of nitrogens with zero attached hydrogens (tertiary/aromatic N) is 7. The molecule has 0 amide bonds. The number of pyridine rings is 1. The van der Waals surface area contributed by atoms with Gasteiger partial charge >= 0.3 is 0 Å². The number of aryl methyl sites for hydroxylation is 2. The summed E-state index contributed by atoms with van der Waals surface area (Å²) in [6, 6.07) is 7.99. The maximum atomic E-state index is 4.87. The number of aromatic nitrogens is 6. The summed E-state index contributed by atoms with van der Waals surface area (Å²) in [5.41, 5.74) is 1.87. The van der Waals surface area contributed by atoms with E-state index in [1.807, 2.05) is 18.2 Å². The van der Waals surface area contributed by atoms with Crippen LogP contribution in [0.5, 0.6) is 0 Å². The molecule has 1 saturated heterocycles. The van der Waals surface area contributed by atoms with Crippen LogP contribution >= 0.6 is 0 Å². The molecular formula is C21H25N7. The van der Waals surface area contributed by atoms with E-state index in [2.05, 4.69) is 37.6 Å². The number of piperidine rings is 1. The Kier molecular flexibility index (Phi) is 4.50. The molecule has 0 N–H and O–H groups in total. The number of rotatable bonds is 4. The summed E-state index contributed by atoms with van der Waals surface area (Å²) in [6.45, 7) is 5.14. The van der Waals surface area contributed by atoms with Crippen LogP contribution in [0.4, 0.5) is 5.82 Å². The molecule has 7 nitrogen and oxygen atoms in total. The molecule has 5 rings (SSSR count). The van der Waals surface area contributed by atoms with Gasteiger partial charge in [0, 0.05) is 49.9 Å². The quantitative estimate of drug-likeness (QED) is 0.698. The Balaban J connectivity index is 1.45. The Morgan fingerprint density at radius 3 is 2.93 bits per heavy atom. The van der Waals surface area contributed by atoms with Crippen LogP contribution in [0.25, 0.3) is 11.5 Å². The van der Waals surface area contributed by atoms with E-state index in [1.54, 1.807) is 6.20 Å². The maximum Gasteiger partial charge on any atom is 0.180 e. The first kappa shape index (κ1) is 17.3. The molecule has 2 aliphatic heterocycles. The van der Waals surface area contributed by atoms with Crippen molar-refractivity contribution in [2.75, 3.05) is 18.0 Å². The second kappa shape index (κ2) is 7.30. The van der Waals surface area contributed by atoms with Gasteiger partial charge in [0.2, 0.25) is 0 Å². The van der Waals surface area contributed by atoms with Gasteiger partial charge in [-0.25, -0.2) is 9.97 Å². The van der Waals surface area contributed by atoms with Crippen molar-refractivity contribution in [3.63, 3.8) is 0 Å². The first-order chi connectivity index (χ1) is 13.8. The molecule has 1 fully saturated rings. The van der Waals surface area contributed by atoms with Gasteiger partial charge in [-0.2, -0.15) is 0 Å². The standard InChI is InChI=1S/C21H25N7/c1-2-16-13-19(24-20(23-16)17-8-3-4-10-22-17)27-11-5-7-15(14-27)21-26-25-18-9-6-12-28(18)21/h3-4,8,10,13,15H,2,5-7,9,11-12,14H2,1H3. The van der Waals surface area contributed by atoms with Gasteiger partial charge in [-0.1, -0.05) is 13.0 Å². The topological polar surface area (TPSA) is 72.6 Å². The second-order valence-corrected chi connectivity index (χ2v) is 7.62. The lowest BCUT2D eigenvalue weighted by Crippen LogP contribution is -2.36. The van der Waals surface area contributed by atoms with Gasteiger partial charge in [0.25, 0.3) is 0 Å². The number of hydrogen-bond acceptors (Lipinski definition) is 6. The third kappa shape index (κ3) is 3.15. The van der Waals surface area contributed by atoms with Gasteiger partial charge in [0.05, 0.1) is 0 Å². The molecule has 1 atom stereocenters. The Bertz CT molecular complexity index is 966. The normalized spacial score (nSPS) is 19.0. The predicted molar refractivity (Wildman–Crippen MR) is 107 cm³/mol. The minimum absolute atomic E-state index is 0.409. The van der Waals surface area contributed by atoms with E-state index in [0.29, 0.717) is 11.7 Å². The van der Waals surface area contributed by atoms with Crippen molar-refractivity contribution < 1.29 is 0 Å². The Hall–Kier alpha value is -2.83. The largest absolute Gasteiger partial charge is 0.356 e. The van der Waals surface area contributed by atoms with Crippen molar-refractivity contribution in [1.82, 2.24) is 29.7 Å². The third-order valence-corrected chi connectivity index (χ3v) is 5.77. The molecule has 5 heterocycles. The molecule has 0 aromatic carbocycles. The highest BCUT2D eigenvalue weighted by atomic mass is 15.3. The first-order valence-corrected chi connectivity index (χ1v) is 10.3. The van der Waals surface area contributed by atoms with Gasteiger partial charge in [0.15, 0.2) is 5.82 Å². The van der Waals surface area contributed by atoms with Crippen molar-refractivity contribution in [3.8, 4) is 11.5 Å². The van der Waals surface area contributed by atoms with E-state index in [0.717, 1.165) is 74.2 Å². The summed E-state index contributed by atoms with van der Waals surface area (Å²) < 4.78 is 2.34. The average molecular weight is 375 g/mol. The van der Waals surface area contributed by atoms with Crippen molar-refractivity contribution in [1.29, 1.82) is 0 Å². The Labute approximate surface area is 164 Å². The summed E-state index contributed by atoms with van der Waals surface area (Å²) in [5, 5.41) is 8.94. The van der Waals surface area contributed by atoms with Gasteiger partial charge < -0.3 is 9.47 Å². The van der Waals surface area contributed by atoms with E-state index in [-0.39, 0.29) is 0 Å². The molecule has 3 aromatic heterocycles. The van der Waals surface area contributed by atoms with Gasteiger partial charge in [0.1, 0.15) is 23.2 Å². The predicted octanol–water partition coefficient (Wildman–Crippen LogP) is 3.02. The van der Waals surface area contributed by atoms with Crippen LogP contribution in [0.3, 0.4) is 0 Å². The van der Waals surface area contributed by atoms with Crippen molar-refractivity contribution in [3.05, 3.63) is 47.8 Å². The second-order valence-electron chi connectivity index (χ2n) is 7.62. The zero-order chi connectivity index (χ0) is 18.9. The van der Waals surface area contributed by atoms with E-state index in [1.165, 1.54) is 6.42 Å². The summed E-state index contributed by atoms with van der Waals surface area (Å²) in [4.78, 5) is 16.4. The number of hydrogen-bond donors (Lipinski definition) is 0. The summed E-state index contributed by atoms with van der Waals surface area (Å²) in [7, 11) is 0. The lowest BCUT2D eigenvalue weighted by atomic mass is 9.97. The molecule has 2 aliphatic rings. The fraction of sp³-hybridized carbons (Fsp3) is 0.476. The number of fused-ring (bicyclic) bond motifs is 1. The van der Waals surface area contributed by atoms with Crippen molar-refractivity contribution in [2.45, 2.75) is 51.5 Å². The first-order valence-electron chi connectivity index (χ1n) is 10.3. The van der Waals surface area contributed by atoms with E-state index in [9.17, 15) is 0 Å². The number of anilines is 1. The lowest BCUT2D eigenvalue weighted by molar-refractivity contribution is 0.470. The zero-order valence-electron chi connectivity index (χ0n) is 16.3. The fourth-order valence-electron chi connectivity index (χ4n) is 4.31. The Morgan fingerprint density at radius 1 is 1.11 bits per heavy atom. The van der Waals surface area contributed by atoms with Crippen molar-refractivity contribution >= 4 is 5.82 Å². The summed E-state index contributed by atoms with van der Waals surface area (Å²) >= 11 is 0. The molecule has 28 heavy (non-hydrogen) atoms. The van der Waals surface area contributed by atoms with Gasteiger partial charge in [-0.3, -0.25) is 4.98 Å². The van der Waals surface area contributed by atoms with Crippen LogP contribution in [0.1, 0.15) is 49.4 Å². The fourth-order valence-corrected chi connectivity index (χ4v) is 4.31.